The molecule has 258 valence electrons. The number of fused-ring (bicyclic) bond motifs is 2. The highest BCUT2D eigenvalue weighted by Crippen LogP contribution is 2.59. The van der Waals surface area contributed by atoms with Crippen LogP contribution in [0.15, 0.2) is 59.6 Å². The van der Waals surface area contributed by atoms with Crippen molar-refractivity contribution in [1.29, 1.82) is 0 Å². The second-order valence-electron chi connectivity index (χ2n) is 12.0. The topological polar surface area (TPSA) is 123 Å². The summed E-state index contributed by atoms with van der Waals surface area (Å²) in [6.07, 6.45) is -7.80. The number of carbonyl (C=O) groups excluding carboxylic acids is 1. The van der Waals surface area contributed by atoms with Crippen LogP contribution in [0.2, 0.25) is 5.02 Å². The van der Waals surface area contributed by atoms with E-state index in [4.69, 9.17) is 11.6 Å². The molecule has 18 heteroatoms. The molecule has 1 saturated carbocycles. The van der Waals surface area contributed by atoms with Gasteiger partial charge in [0.2, 0.25) is 0 Å². The summed E-state index contributed by atoms with van der Waals surface area (Å²) < 4.78 is 137. The van der Waals surface area contributed by atoms with Crippen LogP contribution in [0.4, 0.5) is 32.0 Å². The van der Waals surface area contributed by atoms with Crippen molar-refractivity contribution in [2.45, 2.75) is 61.1 Å². The van der Waals surface area contributed by atoms with E-state index in [0.29, 0.717) is 30.7 Å². The van der Waals surface area contributed by atoms with E-state index in [2.05, 4.69) is 15.0 Å². The maximum absolute atomic E-state index is 14.3. The number of anilines is 1. The normalized spacial score (nSPS) is 20.4. The van der Waals surface area contributed by atoms with Crippen molar-refractivity contribution >= 4 is 43.1 Å². The Labute approximate surface area is 276 Å². The number of hydrogen-bond donors (Lipinski definition) is 1. The van der Waals surface area contributed by atoms with Gasteiger partial charge in [0.05, 0.1) is 51.0 Å². The number of sulfone groups is 1. The van der Waals surface area contributed by atoms with Gasteiger partial charge in [-0.05, 0) is 73.6 Å². The lowest BCUT2D eigenvalue weighted by Crippen LogP contribution is -2.52. The van der Waals surface area contributed by atoms with E-state index in [1.807, 2.05) is 0 Å². The van der Waals surface area contributed by atoms with Crippen LogP contribution in [-0.4, -0.2) is 51.6 Å². The van der Waals surface area contributed by atoms with Gasteiger partial charge in [0, 0.05) is 23.2 Å². The number of amides is 1. The molecule has 9 nitrogen and oxygen atoms in total. The molecule has 0 radical (unpaired) electrons. The van der Waals surface area contributed by atoms with Crippen LogP contribution < -0.4 is 14.4 Å². The Kier molecular flexibility index (Phi) is 8.43. The van der Waals surface area contributed by atoms with E-state index < -0.39 is 66.0 Å². The van der Waals surface area contributed by atoms with E-state index in [9.17, 15) is 48.0 Å². The van der Waals surface area contributed by atoms with E-state index in [0.717, 1.165) is 28.6 Å². The SMILES string of the molecule is O=C(NCc1ncc(C(F)(F)F)cc1Cl)c1ccc2c(c1)C1(CCS(=O)(=O)CC1)C(C1CC1)N2S(=O)(=O)c1cccc(OC(F)(F)F)c1. The molecule has 6 rings (SSSR count). The minimum absolute atomic E-state index is 0.0315. The van der Waals surface area contributed by atoms with Crippen molar-refractivity contribution in [2.24, 2.45) is 5.92 Å². The number of nitrogens with zero attached hydrogens (tertiary/aromatic N) is 2. The Morgan fingerprint density at radius 2 is 1.73 bits per heavy atom. The third-order valence-electron chi connectivity index (χ3n) is 8.90. The van der Waals surface area contributed by atoms with Crippen LogP contribution in [0.25, 0.3) is 0 Å². The summed E-state index contributed by atoms with van der Waals surface area (Å²) in [6, 6.07) is 8.10. The number of aromatic nitrogens is 1. The molecular formula is C30H26ClF6N3O6S2. The highest BCUT2D eigenvalue weighted by atomic mass is 35.5. The minimum atomic E-state index is -5.07. The number of nitrogens with one attached hydrogen (secondary N) is 1. The first-order valence-corrected chi connectivity index (χ1v) is 18.2. The van der Waals surface area contributed by atoms with Gasteiger partial charge in [-0.2, -0.15) is 13.2 Å². The minimum Gasteiger partial charge on any atom is -0.406 e. The molecule has 0 bridgehead atoms. The molecule has 1 amide bonds. The number of benzene rings is 2. The average molecular weight is 738 g/mol. The Morgan fingerprint density at radius 3 is 2.33 bits per heavy atom. The summed E-state index contributed by atoms with van der Waals surface area (Å²) in [5.41, 5.74) is -1.51. The molecule has 1 saturated heterocycles. The van der Waals surface area contributed by atoms with Crippen molar-refractivity contribution in [3.8, 4) is 5.75 Å². The highest BCUT2D eigenvalue weighted by molar-refractivity contribution is 7.93. The molecule has 48 heavy (non-hydrogen) atoms. The number of carbonyl (C=O) groups is 1. The first-order valence-electron chi connectivity index (χ1n) is 14.6. The maximum atomic E-state index is 14.3. The monoisotopic (exact) mass is 737 g/mol. The fourth-order valence-corrected chi connectivity index (χ4v) is 10.2. The second-order valence-corrected chi connectivity index (χ2v) is 16.5. The van der Waals surface area contributed by atoms with Gasteiger partial charge < -0.3 is 10.1 Å². The van der Waals surface area contributed by atoms with Crippen LogP contribution in [0, 0.1) is 5.92 Å². The van der Waals surface area contributed by atoms with E-state index >= 15 is 0 Å². The van der Waals surface area contributed by atoms with Crippen LogP contribution in [-0.2, 0) is 38.0 Å². The number of ether oxygens (including phenoxy) is 1. The Morgan fingerprint density at radius 1 is 1.04 bits per heavy atom. The van der Waals surface area contributed by atoms with Gasteiger partial charge in [-0.3, -0.25) is 14.1 Å². The van der Waals surface area contributed by atoms with E-state index in [1.165, 1.54) is 18.2 Å². The van der Waals surface area contributed by atoms with Crippen molar-refractivity contribution in [3.05, 3.63) is 82.1 Å². The van der Waals surface area contributed by atoms with E-state index in [-0.39, 0.29) is 58.8 Å². The third-order valence-corrected chi connectivity index (χ3v) is 12.7. The molecule has 3 aromatic rings. The average Bonchev–Trinajstić information content (AvgIpc) is 3.79. The molecule has 1 aromatic heterocycles. The molecule has 1 atom stereocenters. The quantitative estimate of drug-likeness (QED) is 0.295. The van der Waals surface area contributed by atoms with Gasteiger partial charge in [-0.15, -0.1) is 13.2 Å². The van der Waals surface area contributed by atoms with E-state index in [1.54, 1.807) is 0 Å². The fraction of sp³-hybridized carbons (Fsp3) is 0.400. The largest absolute Gasteiger partial charge is 0.573 e. The van der Waals surface area contributed by atoms with Crippen molar-refractivity contribution in [3.63, 3.8) is 0 Å². The number of rotatable bonds is 7. The van der Waals surface area contributed by atoms with Gasteiger partial charge in [-0.1, -0.05) is 17.7 Å². The smallest absolute Gasteiger partial charge is 0.406 e. The van der Waals surface area contributed by atoms with Crippen LogP contribution in [0.1, 0.15) is 52.9 Å². The summed E-state index contributed by atoms with van der Waals surface area (Å²) in [6.45, 7) is -0.336. The Hall–Kier alpha value is -3.57. The molecule has 2 aliphatic heterocycles. The lowest BCUT2D eigenvalue weighted by Gasteiger charge is -2.41. The van der Waals surface area contributed by atoms with Crippen LogP contribution >= 0.6 is 11.6 Å². The summed E-state index contributed by atoms with van der Waals surface area (Å²) in [4.78, 5) is 16.6. The zero-order chi connectivity index (χ0) is 34.9. The molecule has 1 N–H and O–H groups in total. The molecule has 1 unspecified atom stereocenters. The van der Waals surface area contributed by atoms with Gasteiger partial charge in [0.1, 0.15) is 15.6 Å². The van der Waals surface area contributed by atoms with Gasteiger partial charge in [-0.25, -0.2) is 16.8 Å². The number of pyridine rings is 1. The van der Waals surface area contributed by atoms with Crippen molar-refractivity contribution in [2.75, 3.05) is 15.8 Å². The van der Waals surface area contributed by atoms with Crippen LogP contribution in [0.5, 0.6) is 5.75 Å². The Balaban J connectivity index is 1.38. The third kappa shape index (κ3) is 6.55. The highest BCUT2D eigenvalue weighted by Gasteiger charge is 2.60. The fourth-order valence-electron chi connectivity index (χ4n) is 6.57. The molecule has 1 spiro atoms. The lowest BCUT2D eigenvalue weighted by molar-refractivity contribution is -0.274. The molecular weight excluding hydrogens is 712 g/mol. The van der Waals surface area contributed by atoms with Gasteiger partial charge >= 0.3 is 12.5 Å². The summed E-state index contributed by atoms with van der Waals surface area (Å²) >= 11 is 5.98. The van der Waals surface area contributed by atoms with Crippen molar-refractivity contribution < 1.29 is 52.7 Å². The first kappa shape index (κ1) is 34.3. The molecule has 3 aliphatic rings. The second kappa shape index (κ2) is 11.8. The van der Waals surface area contributed by atoms with Gasteiger partial charge in [0.15, 0.2) is 0 Å². The van der Waals surface area contributed by atoms with Crippen molar-refractivity contribution in [1.82, 2.24) is 10.3 Å². The predicted molar refractivity (Wildman–Crippen MR) is 161 cm³/mol. The maximum Gasteiger partial charge on any atom is 0.573 e. The number of alkyl halides is 6. The zero-order valence-corrected chi connectivity index (χ0v) is 27.0. The summed E-state index contributed by atoms with van der Waals surface area (Å²) in [5, 5.41) is 2.23. The Bertz CT molecular complexity index is 1990. The molecule has 3 heterocycles. The van der Waals surface area contributed by atoms with Gasteiger partial charge in [0.25, 0.3) is 15.9 Å². The predicted octanol–water partition coefficient (Wildman–Crippen LogP) is 6.02. The number of halogens is 7. The summed E-state index contributed by atoms with van der Waals surface area (Å²) in [7, 11) is -8.00. The number of sulfonamides is 1. The first-order chi connectivity index (χ1) is 22.3. The zero-order valence-electron chi connectivity index (χ0n) is 24.6. The summed E-state index contributed by atoms with van der Waals surface area (Å²) in [5.74, 6) is -2.10. The van der Waals surface area contributed by atoms with Crippen LogP contribution in [0.3, 0.4) is 0 Å². The molecule has 2 fully saturated rings. The molecule has 2 aromatic carbocycles. The standard InChI is InChI=1S/C30H26ClF6N3O6S2/c31-23-13-19(29(32,33)34)15-38-24(23)16-39-27(41)18-6-7-25-22(12-18)28(8-10-47(42,43)11-9-28)26(17-4-5-17)40(25)48(44,45)21-3-1-2-20(14-21)46-30(35,36)37/h1-3,6-7,12-15,17,26H,4-5,8-11,16H2,(H,39,41). The molecule has 1 aliphatic carbocycles. The lowest BCUT2D eigenvalue weighted by atomic mass is 9.70. The number of hydrogen-bond acceptors (Lipinski definition) is 7.